The molecule has 1 saturated heterocycles. The van der Waals surface area contributed by atoms with Crippen LogP contribution in [0.25, 0.3) is 10.2 Å². The zero-order valence-electron chi connectivity index (χ0n) is 10.9. The van der Waals surface area contributed by atoms with Crippen LogP contribution in [0.4, 0.5) is 0 Å². The fraction of sp³-hybridized carbons (Fsp3) is 0.429. The van der Waals surface area contributed by atoms with E-state index in [1.54, 1.807) is 17.4 Å². The maximum Gasteiger partial charge on any atom is 0.248 e. The van der Waals surface area contributed by atoms with Gasteiger partial charge in [-0.1, -0.05) is 0 Å². The number of benzene rings is 1. The molecule has 1 fully saturated rings. The van der Waals surface area contributed by atoms with E-state index >= 15 is 0 Å². The van der Waals surface area contributed by atoms with Crippen molar-refractivity contribution in [1.29, 1.82) is 0 Å². The lowest BCUT2D eigenvalue weighted by atomic mass is 9.98. The molecule has 2 aromatic rings. The summed E-state index contributed by atoms with van der Waals surface area (Å²) in [4.78, 5) is 18.3. The average Bonchev–Trinajstić information content (AvgIpc) is 2.82. The van der Waals surface area contributed by atoms with Crippen LogP contribution in [0.3, 0.4) is 0 Å². The van der Waals surface area contributed by atoms with Gasteiger partial charge in [0.25, 0.3) is 0 Å². The lowest BCUT2D eigenvalue weighted by Crippen LogP contribution is -2.29. The van der Waals surface area contributed by atoms with Crippen molar-refractivity contribution in [2.45, 2.75) is 18.8 Å². The molecule has 0 aliphatic carbocycles. The van der Waals surface area contributed by atoms with Crippen LogP contribution in [0.15, 0.2) is 18.2 Å². The van der Waals surface area contributed by atoms with Gasteiger partial charge in [0.05, 0.1) is 15.2 Å². The number of hydrogen-bond donors (Lipinski definition) is 1. The van der Waals surface area contributed by atoms with Crippen molar-refractivity contribution in [2.24, 2.45) is 5.73 Å². The van der Waals surface area contributed by atoms with Crippen molar-refractivity contribution in [3.8, 4) is 0 Å². The highest BCUT2D eigenvalue weighted by atomic mass is 32.1. The van der Waals surface area contributed by atoms with Crippen LogP contribution in [-0.2, 0) is 0 Å². The maximum absolute atomic E-state index is 11.2. The monoisotopic (exact) mass is 275 g/mol. The summed E-state index contributed by atoms with van der Waals surface area (Å²) in [7, 11) is 2.16. The zero-order chi connectivity index (χ0) is 13.4. The van der Waals surface area contributed by atoms with E-state index in [2.05, 4.69) is 11.9 Å². The molecular formula is C14H17N3OS. The first kappa shape index (κ1) is 12.6. The van der Waals surface area contributed by atoms with E-state index in [9.17, 15) is 4.79 Å². The number of thiazole rings is 1. The first-order chi connectivity index (χ1) is 9.13. The Balaban J connectivity index is 1.91. The Labute approximate surface area is 116 Å². The highest BCUT2D eigenvalue weighted by Crippen LogP contribution is 2.33. The van der Waals surface area contributed by atoms with Crippen LogP contribution in [0.5, 0.6) is 0 Å². The fourth-order valence-corrected chi connectivity index (χ4v) is 3.70. The maximum atomic E-state index is 11.2. The van der Waals surface area contributed by atoms with E-state index in [-0.39, 0.29) is 5.91 Å². The Kier molecular flexibility index (Phi) is 3.24. The van der Waals surface area contributed by atoms with Crippen LogP contribution in [0.1, 0.15) is 34.1 Å². The number of nitrogens with two attached hydrogens (primary N) is 1. The second kappa shape index (κ2) is 4.90. The molecule has 0 bridgehead atoms. The molecule has 1 aliphatic rings. The second-order valence-corrected chi connectivity index (χ2v) is 6.24. The van der Waals surface area contributed by atoms with Gasteiger partial charge in [0.15, 0.2) is 0 Å². The molecule has 5 heteroatoms. The standard InChI is InChI=1S/C14H17N3OS/c1-17-6-4-9(5-7-17)14-16-11-3-2-10(13(15)18)8-12(11)19-14/h2-3,8-9H,4-7H2,1H3,(H2,15,18). The fourth-order valence-electron chi connectivity index (χ4n) is 2.53. The molecule has 4 nitrogen and oxygen atoms in total. The number of piperidine rings is 1. The highest BCUT2D eigenvalue weighted by molar-refractivity contribution is 7.18. The molecule has 2 N–H and O–H groups in total. The summed E-state index contributed by atoms with van der Waals surface area (Å²) in [5, 5.41) is 1.20. The lowest BCUT2D eigenvalue weighted by Gasteiger charge is -2.27. The molecule has 2 heterocycles. The summed E-state index contributed by atoms with van der Waals surface area (Å²) in [6.45, 7) is 2.26. The highest BCUT2D eigenvalue weighted by Gasteiger charge is 2.21. The summed E-state index contributed by atoms with van der Waals surface area (Å²) in [5.41, 5.74) is 6.85. The number of nitrogens with zero attached hydrogens (tertiary/aromatic N) is 2. The molecule has 0 radical (unpaired) electrons. The van der Waals surface area contributed by atoms with Gasteiger partial charge >= 0.3 is 0 Å². The second-order valence-electron chi connectivity index (χ2n) is 5.18. The Morgan fingerprint density at radius 3 is 2.84 bits per heavy atom. The Morgan fingerprint density at radius 1 is 1.42 bits per heavy atom. The van der Waals surface area contributed by atoms with Gasteiger partial charge in [0.2, 0.25) is 5.91 Å². The van der Waals surface area contributed by atoms with E-state index in [4.69, 9.17) is 10.7 Å². The molecule has 19 heavy (non-hydrogen) atoms. The van der Waals surface area contributed by atoms with Gasteiger partial charge in [-0.05, 0) is 51.2 Å². The third-order valence-corrected chi connectivity index (χ3v) is 4.94. The first-order valence-electron chi connectivity index (χ1n) is 6.52. The lowest BCUT2D eigenvalue weighted by molar-refractivity contribution is 0.100. The molecule has 0 spiro atoms. The third kappa shape index (κ3) is 2.48. The van der Waals surface area contributed by atoms with Gasteiger partial charge in [0, 0.05) is 11.5 Å². The predicted octanol–water partition coefficient (Wildman–Crippen LogP) is 2.20. The molecule has 1 aliphatic heterocycles. The molecule has 0 saturated carbocycles. The van der Waals surface area contributed by atoms with Crippen LogP contribution in [-0.4, -0.2) is 35.9 Å². The van der Waals surface area contributed by atoms with Crippen molar-refractivity contribution >= 4 is 27.5 Å². The smallest absolute Gasteiger partial charge is 0.248 e. The normalized spacial score (nSPS) is 17.9. The van der Waals surface area contributed by atoms with Gasteiger partial charge in [-0.25, -0.2) is 4.98 Å². The zero-order valence-corrected chi connectivity index (χ0v) is 11.7. The average molecular weight is 275 g/mol. The van der Waals surface area contributed by atoms with Crippen molar-refractivity contribution in [2.75, 3.05) is 20.1 Å². The number of amides is 1. The van der Waals surface area contributed by atoms with E-state index in [1.807, 2.05) is 12.1 Å². The SMILES string of the molecule is CN1CCC(c2nc3ccc(C(N)=O)cc3s2)CC1. The van der Waals surface area contributed by atoms with Crippen LogP contribution < -0.4 is 5.73 Å². The van der Waals surface area contributed by atoms with E-state index in [0.29, 0.717) is 11.5 Å². The van der Waals surface area contributed by atoms with Gasteiger partial charge in [-0.2, -0.15) is 0 Å². The van der Waals surface area contributed by atoms with Gasteiger partial charge in [-0.3, -0.25) is 4.79 Å². The van der Waals surface area contributed by atoms with Crippen LogP contribution in [0.2, 0.25) is 0 Å². The number of fused-ring (bicyclic) bond motifs is 1. The van der Waals surface area contributed by atoms with E-state index < -0.39 is 0 Å². The van der Waals surface area contributed by atoms with Gasteiger partial charge < -0.3 is 10.6 Å². The summed E-state index contributed by atoms with van der Waals surface area (Å²) in [6.07, 6.45) is 2.33. The number of primary amides is 1. The number of hydrogen-bond acceptors (Lipinski definition) is 4. The summed E-state index contributed by atoms with van der Waals surface area (Å²) in [5.74, 6) is 0.182. The summed E-state index contributed by atoms with van der Waals surface area (Å²) >= 11 is 1.70. The van der Waals surface area contributed by atoms with Crippen LogP contribution in [0, 0.1) is 0 Å². The van der Waals surface area contributed by atoms with Crippen molar-refractivity contribution in [3.63, 3.8) is 0 Å². The molecule has 0 atom stereocenters. The molecular weight excluding hydrogens is 258 g/mol. The predicted molar refractivity (Wildman–Crippen MR) is 77.6 cm³/mol. The molecule has 0 unspecified atom stereocenters. The van der Waals surface area contributed by atoms with Crippen molar-refractivity contribution in [1.82, 2.24) is 9.88 Å². The third-order valence-electron chi connectivity index (χ3n) is 3.76. The Bertz CT molecular complexity index is 614. The van der Waals surface area contributed by atoms with Crippen LogP contribution >= 0.6 is 11.3 Å². The first-order valence-corrected chi connectivity index (χ1v) is 7.34. The van der Waals surface area contributed by atoms with Crippen molar-refractivity contribution < 1.29 is 4.79 Å². The van der Waals surface area contributed by atoms with E-state index in [0.717, 1.165) is 23.3 Å². The van der Waals surface area contributed by atoms with Crippen molar-refractivity contribution in [3.05, 3.63) is 28.8 Å². The number of carbonyl (C=O) groups is 1. The summed E-state index contributed by atoms with van der Waals surface area (Å²) < 4.78 is 1.06. The Hall–Kier alpha value is -1.46. The largest absolute Gasteiger partial charge is 0.366 e. The van der Waals surface area contributed by atoms with Gasteiger partial charge in [0.1, 0.15) is 0 Å². The molecule has 1 aromatic carbocycles. The topological polar surface area (TPSA) is 59.2 Å². The number of carbonyl (C=O) groups excluding carboxylic acids is 1. The molecule has 1 amide bonds. The van der Waals surface area contributed by atoms with Gasteiger partial charge in [-0.15, -0.1) is 11.3 Å². The molecule has 100 valence electrons. The summed E-state index contributed by atoms with van der Waals surface area (Å²) in [6, 6.07) is 5.50. The molecule has 3 rings (SSSR count). The quantitative estimate of drug-likeness (QED) is 0.914. The number of likely N-dealkylation sites (tertiary alicyclic amines) is 1. The number of aromatic nitrogens is 1. The van der Waals surface area contributed by atoms with E-state index in [1.165, 1.54) is 17.8 Å². The molecule has 1 aromatic heterocycles. The minimum Gasteiger partial charge on any atom is -0.366 e. The Morgan fingerprint density at radius 2 is 2.16 bits per heavy atom. The minimum absolute atomic E-state index is 0.379. The number of rotatable bonds is 2. The minimum atomic E-state index is -0.379.